The summed E-state index contributed by atoms with van der Waals surface area (Å²) in [6.07, 6.45) is 1.24. The second-order valence-corrected chi connectivity index (χ2v) is 5.71. The number of hydrogen-bond acceptors (Lipinski definition) is 4. The first-order valence-electron chi connectivity index (χ1n) is 7.81. The van der Waals surface area contributed by atoms with Crippen molar-refractivity contribution < 1.29 is 19.5 Å². The van der Waals surface area contributed by atoms with Gasteiger partial charge in [-0.15, -0.1) is 0 Å². The average Bonchev–Trinajstić information content (AvgIpc) is 3.21. The van der Waals surface area contributed by atoms with Crippen molar-refractivity contribution in [3.05, 3.63) is 30.0 Å². The molecule has 8 heteroatoms. The lowest BCUT2D eigenvalue weighted by Gasteiger charge is -2.21. The maximum Gasteiger partial charge on any atom is 0.326 e. The molecule has 1 fully saturated rings. The number of nitrogens with one attached hydrogen (secondary N) is 2. The Morgan fingerprint density at radius 1 is 1.33 bits per heavy atom. The number of carbonyl (C=O) groups excluding carboxylic acids is 2. The highest BCUT2D eigenvalue weighted by atomic mass is 16.4. The Kier molecular flexibility index (Phi) is 4.45. The summed E-state index contributed by atoms with van der Waals surface area (Å²) in [5, 5.41) is 19.2. The van der Waals surface area contributed by atoms with Crippen LogP contribution in [-0.4, -0.2) is 57.1 Å². The fourth-order valence-corrected chi connectivity index (χ4v) is 2.97. The average molecular weight is 330 g/mol. The number of para-hydroxylation sites is 1. The molecule has 1 aliphatic heterocycles. The van der Waals surface area contributed by atoms with Crippen molar-refractivity contribution in [1.29, 1.82) is 0 Å². The summed E-state index contributed by atoms with van der Waals surface area (Å²) in [4.78, 5) is 36.8. The summed E-state index contributed by atoms with van der Waals surface area (Å²) in [6.45, 7) is 0.593. The molecular formula is C16H18N4O4. The number of hydrogen-bond donors (Lipinski definition) is 3. The highest BCUT2D eigenvalue weighted by Crippen LogP contribution is 2.18. The topological polar surface area (TPSA) is 115 Å². The smallest absolute Gasteiger partial charge is 0.326 e. The predicted molar refractivity (Wildman–Crippen MR) is 85.4 cm³/mol. The summed E-state index contributed by atoms with van der Waals surface area (Å²) >= 11 is 0. The molecule has 0 spiro atoms. The van der Waals surface area contributed by atoms with Crippen LogP contribution in [0.15, 0.2) is 24.3 Å². The van der Waals surface area contributed by atoms with Gasteiger partial charge in [0.05, 0.1) is 5.52 Å². The van der Waals surface area contributed by atoms with Crippen LogP contribution in [0.1, 0.15) is 29.8 Å². The van der Waals surface area contributed by atoms with Gasteiger partial charge < -0.3 is 15.3 Å². The van der Waals surface area contributed by atoms with Gasteiger partial charge in [-0.05, 0) is 18.9 Å². The Balaban J connectivity index is 1.55. The standard InChI is InChI=1S/C16H18N4O4/c21-13(20-9-3-6-12(20)16(23)24)7-8-17-15(22)14-10-4-1-2-5-11(10)18-19-14/h1-2,4-5,12H,3,6-9H2,(H,17,22)(H,18,19)(H,23,24)/t12-/m0/s1. The fourth-order valence-electron chi connectivity index (χ4n) is 2.97. The quantitative estimate of drug-likeness (QED) is 0.748. The molecule has 1 aromatic heterocycles. The van der Waals surface area contributed by atoms with Gasteiger partial charge in [0.2, 0.25) is 5.91 Å². The van der Waals surface area contributed by atoms with Crippen LogP contribution in [-0.2, 0) is 9.59 Å². The maximum absolute atomic E-state index is 12.2. The van der Waals surface area contributed by atoms with Gasteiger partial charge in [-0.3, -0.25) is 14.7 Å². The molecule has 1 atom stereocenters. The Labute approximate surface area is 137 Å². The van der Waals surface area contributed by atoms with Crippen LogP contribution in [0, 0.1) is 0 Å². The molecule has 0 aliphatic carbocycles. The number of likely N-dealkylation sites (tertiary alicyclic amines) is 1. The zero-order valence-corrected chi connectivity index (χ0v) is 13.0. The van der Waals surface area contributed by atoms with Crippen LogP contribution in [0.25, 0.3) is 10.9 Å². The molecular weight excluding hydrogens is 312 g/mol. The van der Waals surface area contributed by atoms with Crippen LogP contribution < -0.4 is 5.32 Å². The van der Waals surface area contributed by atoms with Crippen molar-refractivity contribution >= 4 is 28.7 Å². The third-order valence-corrected chi connectivity index (χ3v) is 4.17. The number of aromatic amines is 1. The molecule has 0 radical (unpaired) electrons. The van der Waals surface area contributed by atoms with Gasteiger partial charge >= 0.3 is 5.97 Å². The van der Waals surface area contributed by atoms with Crippen molar-refractivity contribution in [2.24, 2.45) is 0 Å². The van der Waals surface area contributed by atoms with Crippen molar-refractivity contribution in [1.82, 2.24) is 20.4 Å². The van der Waals surface area contributed by atoms with E-state index in [0.29, 0.717) is 24.8 Å². The number of aliphatic carboxylic acids is 1. The largest absolute Gasteiger partial charge is 0.480 e. The highest BCUT2D eigenvalue weighted by molar-refractivity contribution is 6.04. The second kappa shape index (κ2) is 6.69. The predicted octanol–water partition coefficient (Wildman–Crippen LogP) is 0.758. The van der Waals surface area contributed by atoms with Gasteiger partial charge in [-0.1, -0.05) is 18.2 Å². The summed E-state index contributed by atoms with van der Waals surface area (Å²) in [7, 11) is 0. The first-order valence-corrected chi connectivity index (χ1v) is 7.81. The van der Waals surface area contributed by atoms with E-state index in [-0.39, 0.29) is 30.5 Å². The van der Waals surface area contributed by atoms with Gasteiger partial charge in [0.15, 0.2) is 5.69 Å². The number of carbonyl (C=O) groups is 3. The lowest BCUT2D eigenvalue weighted by molar-refractivity contribution is -0.148. The molecule has 8 nitrogen and oxygen atoms in total. The number of carboxylic acids is 1. The normalized spacial score (nSPS) is 17.2. The number of nitrogens with zero attached hydrogens (tertiary/aromatic N) is 2. The molecule has 1 aliphatic rings. The Hall–Kier alpha value is -2.90. The monoisotopic (exact) mass is 330 g/mol. The molecule has 3 rings (SSSR count). The summed E-state index contributed by atoms with van der Waals surface area (Å²) in [5.74, 6) is -1.60. The lowest BCUT2D eigenvalue weighted by atomic mass is 10.2. The van der Waals surface area contributed by atoms with E-state index in [1.54, 1.807) is 6.07 Å². The summed E-state index contributed by atoms with van der Waals surface area (Å²) in [5.41, 5.74) is 1.04. The van der Waals surface area contributed by atoms with Gasteiger partial charge in [0, 0.05) is 24.9 Å². The molecule has 0 unspecified atom stereocenters. The molecule has 2 aromatic rings. The molecule has 1 saturated heterocycles. The molecule has 24 heavy (non-hydrogen) atoms. The van der Waals surface area contributed by atoms with Gasteiger partial charge in [0.25, 0.3) is 5.91 Å². The number of H-pyrrole nitrogens is 1. The van der Waals surface area contributed by atoms with Crippen LogP contribution in [0.3, 0.4) is 0 Å². The first-order chi connectivity index (χ1) is 11.6. The van der Waals surface area contributed by atoms with Crippen molar-refractivity contribution in [3.63, 3.8) is 0 Å². The van der Waals surface area contributed by atoms with Crippen LogP contribution in [0.2, 0.25) is 0 Å². The third-order valence-electron chi connectivity index (χ3n) is 4.17. The molecule has 2 heterocycles. The van der Waals surface area contributed by atoms with E-state index in [1.165, 1.54) is 4.90 Å². The fraction of sp³-hybridized carbons (Fsp3) is 0.375. The minimum Gasteiger partial charge on any atom is -0.480 e. The number of amides is 2. The van der Waals surface area contributed by atoms with Crippen LogP contribution >= 0.6 is 0 Å². The van der Waals surface area contributed by atoms with E-state index < -0.39 is 12.0 Å². The van der Waals surface area contributed by atoms with E-state index in [4.69, 9.17) is 5.11 Å². The van der Waals surface area contributed by atoms with Gasteiger partial charge in [-0.25, -0.2) is 4.79 Å². The van der Waals surface area contributed by atoms with Crippen molar-refractivity contribution in [2.75, 3.05) is 13.1 Å². The third kappa shape index (κ3) is 3.08. The molecule has 1 aromatic carbocycles. The number of benzene rings is 1. The Morgan fingerprint density at radius 2 is 2.12 bits per heavy atom. The van der Waals surface area contributed by atoms with Crippen molar-refractivity contribution in [2.45, 2.75) is 25.3 Å². The zero-order valence-electron chi connectivity index (χ0n) is 13.0. The van der Waals surface area contributed by atoms with Crippen LogP contribution in [0.5, 0.6) is 0 Å². The molecule has 3 N–H and O–H groups in total. The minimum absolute atomic E-state index is 0.0673. The molecule has 126 valence electrons. The summed E-state index contributed by atoms with van der Waals surface area (Å²) in [6, 6.07) is 6.53. The Morgan fingerprint density at radius 3 is 2.92 bits per heavy atom. The second-order valence-electron chi connectivity index (χ2n) is 5.71. The van der Waals surface area contributed by atoms with Gasteiger partial charge in [-0.2, -0.15) is 5.10 Å². The van der Waals surface area contributed by atoms with E-state index >= 15 is 0 Å². The first kappa shape index (κ1) is 16.0. The maximum atomic E-state index is 12.2. The number of rotatable bonds is 5. The van der Waals surface area contributed by atoms with E-state index in [9.17, 15) is 14.4 Å². The highest BCUT2D eigenvalue weighted by Gasteiger charge is 2.33. The molecule has 2 amide bonds. The molecule has 0 saturated carbocycles. The van der Waals surface area contributed by atoms with Gasteiger partial charge in [0.1, 0.15) is 6.04 Å². The van der Waals surface area contributed by atoms with E-state index in [2.05, 4.69) is 15.5 Å². The number of carboxylic acid groups (broad SMARTS) is 1. The van der Waals surface area contributed by atoms with Crippen LogP contribution in [0.4, 0.5) is 0 Å². The Bertz CT molecular complexity index is 785. The molecule has 0 bridgehead atoms. The number of fused-ring (bicyclic) bond motifs is 1. The SMILES string of the molecule is O=C(NCCC(=O)N1CCC[C@H]1C(=O)O)c1n[nH]c2ccccc12. The van der Waals surface area contributed by atoms with E-state index in [0.717, 1.165) is 5.52 Å². The van der Waals surface area contributed by atoms with Crippen molar-refractivity contribution in [3.8, 4) is 0 Å². The summed E-state index contributed by atoms with van der Waals surface area (Å²) < 4.78 is 0. The van der Waals surface area contributed by atoms with E-state index in [1.807, 2.05) is 18.2 Å². The zero-order chi connectivity index (χ0) is 17.1. The number of aromatic nitrogens is 2. The minimum atomic E-state index is -0.979. The lowest BCUT2D eigenvalue weighted by Crippen LogP contribution is -2.41.